The number of hydrogen-bond acceptors (Lipinski definition) is 4. The van der Waals surface area contributed by atoms with E-state index in [9.17, 15) is 5.11 Å². The van der Waals surface area contributed by atoms with E-state index < -0.39 is 0 Å². The maximum Gasteiger partial charge on any atom is 2.00 e. The topological polar surface area (TPSA) is 56.3 Å². The van der Waals surface area contributed by atoms with Crippen LogP contribution in [0.5, 0.6) is 0 Å². The van der Waals surface area contributed by atoms with E-state index >= 15 is 0 Å². The molecule has 5 heteroatoms. The van der Waals surface area contributed by atoms with E-state index in [1.54, 1.807) is 0 Å². The Balaban J connectivity index is 0.00000121. The third-order valence-corrected chi connectivity index (χ3v) is 1.72. The number of nitrogens with one attached hydrogen (secondary N) is 3. The molecule has 1 aliphatic heterocycles. The molecule has 0 aromatic carbocycles. The first kappa shape index (κ1) is 12.4. The Morgan fingerprint density at radius 3 is 1.75 bits per heavy atom. The average Bonchev–Trinajstić information content (AvgIpc) is 2.03. The van der Waals surface area contributed by atoms with Crippen molar-refractivity contribution in [3.05, 3.63) is 0 Å². The summed E-state index contributed by atoms with van der Waals surface area (Å²) in [6.07, 6.45) is -0.243. The molecule has 1 rings (SSSR count). The van der Waals surface area contributed by atoms with Crippen molar-refractivity contribution in [1.82, 2.24) is 16.0 Å². The summed E-state index contributed by atoms with van der Waals surface area (Å²) in [5.74, 6) is 0. The summed E-state index contributed by atoms with van der Waals surface area (Å²) in [5.41, 5.74) is 0. The van der Waals surface area contributed by atoms with E-state index in [0.717, 1.165) is 26.2 Å². The quantitative estimate of drug-likeness (QED) is 0.363. The van der Waals surface area contributed by atoms with Crippen molar-refractivity contribution in [1.29, 1.82) is 0 Å². The van der Waals surface area contributed by atoms with Gasteiger partial charge in [-0.15, -0.1) is 0 Å². The van der Waals surface area contributed by atoms with E-state index in [1.807, 2.05) is 0 Å². The van der Waals surface area contributed by atoms with Gasteiger partial charge in [0.2, 0.25) is 0 Å². The van der Waals surface area contributed by atoms with Crippen LogP contribution in [-0.4, -0.2) is 50.5 Å². The maximum absolute atomic E-state index is 9.29. The van der Waals surface area contributed by atoms with Crippen LogP contribution in [0.1, 0.15) is 0 Å². The molecule has 12 heavy (non-hydrogen) atoms. The molecule has 4 N–H and O–H groups in total. The maximum atomic E-state index is 9.29. The molecule has 0 bridgehead atoms. The summed E-state index contributed by atoms with van der Waals surface area (Å²) in [5, 5.41) is 18.9. The molecule has 1 fully saturated rings. The molecule has 0 atom stereocenters. The van der Waals surface area contributed by atoms with Gasteiger partial charge >= 0.3 is 17.1 Å². The Kier molecular flexibility index (Phi) is 8.22. The van der Waals surface area contributed by atoms with Crippen LogP contribution in [0.2, 0.25) is 0 Å². The molecule has 75 valence electrons. The second-order valence-electron chi connectivity index (χ2n) is 2.81. The van der Waals surface area contributed by atoms with E-state index in [-0.39, 0.29) is 23.2 Å². The number of β-amino-alcohol motifs (C(OH)–C–C–N with tert-alkyl or cyclic N) is 1. The van der Waals surface area contributed by atoms with Gasteiger partial charge in [-0.25, -0.2) is 0 Å². The molecule has 0 aliphatic carbocycles. The third kappa shape index (κ3) is 5.94. The Bertz CT molecular complexity index is 94.7. The van der Waals surface area contributed by atoms with E-state index in [0.29, 0.717) is 13.1 Å². The van der Waals surface area contributed by atoms with Gasteiger partial charge in [0.25, 0.3) is 0 Å². The van der Waals surface area contributed by atoms with Gasteiger partial charge in [-0.2, -0.15) is 0 Å². The van der Waals surface area contributed by atoms with Crippen LogP contribution >= 0.6 is 0 Å². The Morgan fingerprint density at radius 2 is 1.25 bits per heavy atom. The van der Waals surface area contributed by atoms with Crippen LogP contribution in [0.4, 0.5) is 0 Å². The largest absolute Gasteiger partial charge is 2.00 e. The van der Waals surface area contributed by atoms with Gasteiger partial charge in [-0.1, -0.05) is 0 Å². The molecule has 1 aliphatic rings. The van der Waals surface area contributed by atoms with Crippen molar-refractivity contribution in [2.24, 2.45) is 0 Å². The molecular formula is C7H17CuN3O+2. The molecule has 0 amide bonds. The number of hydrogen-bond donors (Lipinski definition) is 4. The Morgan fingerprint density at radius 1 is 0.833 bits per heavy atom. The third-order valence-electron chi connectivity index (χ3n) is 1.72. The molecule has 1 radical (unpaired) electrons. The molecule has 4 nitrogen and oxygen atoms in total. The standard InChI is InChI=1S/C7H17N3O.Cu/c11-7-5-9-3-1-8-2-4-10-6-7;/h7-11H,1-6H2;/q;+2. The van der Waals surface area contributed by atoms with Gasteiger partial charge in [-0.3, -0.25) is 0 Å². The van der Waals surface area contributed by atoms with E-state index in [4.69, 9.17) is 0 Å². The summed E-state index contributed by atoms with van der Waals surface area (Å²) in [6.45, 7) is 5.22. The summed E-state index contributed by atoms with van der Waals surface area (Å²) < 4.78 is 0. The van der Waals surface area contributed by atoms with Crippen molar-refractivity contribution >= 4 is 0 Å². The fourth-order valence-electron chi connectivity index (χ4n) is 1.09. The van der Waals surface area contributed by atoms with Crippen LogP contribution in [0.3, 0.4) is 0 Å². The van der Waals surface area contributed by atoms with Crippen molar-refractivity contribution in [3.8, 4) is 0 Å². The summed E-state index contributed by atoms with van der Waals surface area (Å²) in [4.78, 5) is 0. The second kappa shape index (κ2) is 7.98. The van der Waals surface area contributed by atoms with E-state index in [2.05, 4.69) is 16.0 Å². The second-order valence-corrected chi connectivity index (χ2v) is 2.81. The molecule has 0 aromatic heterocycles. The Hall–Kier alpha value is 0.359. The van der Waals surface area contributed by atoms with Crippen molar-refractivity contribution < 1.29 is 22.2 Å². The average molecular weight is 223 g/mol. The summed E-state index contributed by atoms with van der Waals surface area (Å²) in [7, 11) is 0. The zero-order valence-electron chi connectivity index (χ0n) is 7.07. The minimum Gasteiger partial charge on any atom is -0.390 e. The van der Waals surface area contributed by atoms with E-state index in [1.165, 1.54) is 0 Å². The first-order valence-corrected chi connectivity index (χ1v) is 4.20. The number of aliphatic hydroxyl groups excluding tert-OH is 1. The molecule has 0 aromatic rings. The zero-order valence-corrected chi connectivity index (χ0v) is 8.01. The minimum absolute atomic E-state index is 0. The van der Waals surface area contributed by atoms with Crippen molar-refractivity contribution in [2.75, 3.05) is 39.3 Å². The summed E-state index contributed by atoms with van der Waals surface area (Å²) in [6, 6.07) is 0. The van der Waals surface area contributed by atoms with Gasteiger partial charge in [0.05, 0.1) is 6.10 Å². The molecule has 0 spiro atoms. The SMILES string of the molecule is OC1CNCCNCCNC1.[Cu+2]. The van der Waals surface area contributed by atoms with Crippen molar-refractivity contribution in [3.63, 3.8) is 0 Å². The fourth-order valence-corrected chi connectivity index (χ4v) is 1.09. The first-order valence-electron chi connectivity index (χ1n) is 4.20. The van der Waals surface area contributed by atoms with Gasteiger partial charge in [0.15, 0.2) is 0 Å². The van der Waals surface area contributed by atoms with Gasteiger partial charge < -0.3 is 21.1 Å². The molecule has 1 saturated heterocycles. The van der Waals surface area contributed by atoms with Gasteiger partial charge in [0.1, 0.15) is 0 Å². The van der Waals surface area contributed by atoms with Crippen LogP contribution in [0, 0.1) is 0 Å². The number of aliphatic hydroxyl groups is 1. The first-order chi connectivity index (χ1) is 5.39. The molecule has 0 unspecified atom stereocenters. The predicted molar refractivity (Wildman–Crippen MR) is 44.6 cm³/mol. The zero-order chi connectivity index (χ0) is 7.94. The fraction of sp³-hybridized carbons (Fsp3) is 1.00. The molecule has 1 heterocycles. The van der Waals surface area contributed by atoms with Crippen molar-refractivity contribution in [2.45, 2.75) is 6.10 Å². The van der Waals surface area contributed by atoms with Crippen LogP contribution in [-0.2, 0) is 17.1 Å². The summed E-state index contributed by atoms with van der Waals surface area (Å²) >= 11 is 0. The van der Waals surface area contributed by atoms with Gasteiger partial charge in [-0.05, 0) is 0 Å². The van der Waals surface area contributed by atoms with Gasteiger partial charge in [0, 0.05) is 39.3 Å². The van der Waals surface area contributed by atoms with Crippen LogP contribution in [0.15, 0.2) is 0 Å². The Labute approximate surface area is 84.0 Å². The number of rotatable bonds is 0. The normalized spacial score (nSPS) is 22.8. The molecular weight excluding hydrogens is 206 g/mol. The predicted octanol–water partition coefficient (Wildman–Crippen LogP) is -1.87. The smallest absolute Gasteiger partial charge is 0.390 e. The monoisotopic (exact) mass is 222 g/mol. The molecule has 0 saturated carbocycles. The minimum atomic E-state index is -0.243. The van der Waals surface area contributed by atoms with Crippen LogP contribution in [0.25, 0.3) is 0 Å². The van der Waals surface area contributed by atoms with Crippen LogP contribution < -0.4 is 16.0 Å².